The lowest BCUT2D eigenvalue weighted by molar-refractivity contribution is -0.134. The first-order valence-corrected chi connectivity index (χ1v) is 6.31. The second-order valence-corrected chi connectivity index (χ2v) is 4.59. The highest BCUT2D eigenvalue weighted by molar-refractivity contribution is 5.75. The molecule has 128 valence electrons. The Hall–Kier alpha value is -2.58. The summed E-state index contributed by atoms with van der Waals surface area (Å²) >= 11 is 0. The third kappa shape index (κ3) is 3.50. The van der Waals surface area contributed by atoms with Crippen LogP contribution < -0.4 is 4.74 Å². The predicted octanol–water partition coefficient (Wildman–Crippen LogP) is 4.47. The number of ether oxygens (including phenoxy) is 1. The van der Waals surface area contributed by atoms with Crippen molar-refractivity contribution in [3.05, 3.63) is 64.5 Å². The predicted molar refractivity (Wildman–Crippen MR) is 67.0 cm³/mol. The number of carbonyl (C=O) groups is 1. The van der Waals surface area contributed by atoms with Crippen molar-refractivity contribution in [2.75, 3.05) is 0 Å². The number of esters is 1. The molecule has 0 aliphatic heterocycles. The number of benzene rings is 2. The minimum Gasteiger partial charge on any atom is -0.420 e. The van der Waals surface area contributed by atoms with E-state index < -0.39 is 53.7 Å². The lowest BCUT2D eigenvalue weighted by atomic mass is 10.1. The molecule has 0 fully saturated rings. The zero-order chi connectivity index (χ0) is 18.0. The minimum absolute atomic E-state index is 0.147. The summed E-state index contributed by atoms with van der Waals surface area (Å²) in [6.45, 7) is 0. The molecule has 0 aliphatic rings. The van der Waals surface area contributed by atoms with Gasteiger partial charge in [0.2, 0.25) is 34.8 Å². The van der Waals surface area contributed by atoms with Crippen LogP contribution in [-0.4, -0.2) is 5.97 Å². The maximum Gasteiger partial charge on any atom is 0.315 e. The third-order valence-corrected chi connectivity index (χ3v) is 2.97. The van der Waals surface area contributed by atoms with E-state index in [0.29, 0.717) is 0 Å². The molecule has 9 heteroatoms. The Kier molecular flexibility index (Phi) is 5.10. The van der Waals surface area contributed by atoms with Crippen molar-refractivity contribution < 1.29 is 40.3 Å². The molecule has 0 N–H and O–H groups in total. The van der Waals surface area contributed by atoms with Crippen molar-refractivity contribution in [3.8, 4) is 5.75 Å². The summed E-state index contributed by atoms with van der Waals surface area (Å²) in [6.07, 6.45) is -3.34. The number of halogens is 7. The second-order valence-electron chi connectivity index (χ2n) is 4.59. The molecule has 24 heavy (non-hydrogen) atoms. The summed E-state index contributed by atoms with van der Waals surface area (Å²) in [5.41, 5.74) is -0.167. The first-order valence-electron chi connectivity index (χ1n) is 6.31. The zero-order valence-corrected chi connectivity index (χ0v) is 11.6. The fourth-order valence-corrected chi connectivity index (χ4v) is 1.77. The minimum atomic E-state index is -2.72. The van der Waals surface area contributed by atoms with E-state index in [1.165, 1.54) is 0 Å². The zero-order valence-electron chi connectivity index (χ0n) is 11.6. The van der Waals surface area contributed by atoms with E-state index in [2.05, 4.69) is 4.74 Å². The number of rotatable bonds is 4. The molecule has 0 heterocycles. The maximum absolute atomic E-state index is 13.4. The molecule has 0 saturated carbocycles. The first kappa shape index (κ1) is 17.8. The lowest BCUT2D eigenvalue weighted by Crippen LogP contribution is -2.15. The van der Waals surface area contributed by atoms with Gasteiger partial charge in [-0.3, -0.25) is 4.79 Å². The molecule has 0 bridgehead atoms. The van der Waals surface area contributed by atoms with Crippen molar-refractivity contribution >= 4 is 5.97 Å². The average Bonchev–Trinajstić information content (AvgIpc) is 2.55. The van der Waals surface area contributed by atoms with Gasteiger partial charge in [-0.15, -0.1) is 0 Å². The van der Waals surface area contributed by atoms with E-state index >= 15 is 0 Å². The Morgan fingerprint density at radius 2 is 1.29 bits per heavy atom. The Bertz CT molecular complexity index is 743. The van der Waals surface area contributed by atoms with Crippen LogP contribution in [0, 0.1) is 29.1 Å². The molecule has 0 saturated heterocycles. The molecule has 0 unspecified atom stereocenters. The van der Waals surface area contributed by atoms with Gasteiger partial charge in [0, 0.05) is 5.56 Å². The van der Waals surface area contributed by atoms with E-state index in [9.17, 15) is 35.5 Å². The van der Waals surface area contributed by atoms with Crippen LogP contribution in [0.15, 0.2) is 24.3 Å². The first-order chi connectivity index (χ1) is 11.2. The van der Waals surface area contributed by atoms with Crippen molar-refractivity contribution in [3.63, 3.8) is 0 Å². The number of carbonyl (C=O) groups excluding carboxylic acids is 1. The smallest absolute Gasteiger partial charge is 0.315 e. The number of hydrogen-bond donors (Lipinski definition) is 0. The summed E-state index contributed by atoms with van der Waals surface area (Å²) in [5.74, 6) is -14.5. The van der Waals surface area contributed by atoms with E-state index in [1.54, 1.807) is 0 Å². The van der Waals surface area contributed by atoms with Gasteiger partial charge in [-0.1, -0.05) is 24.3 Å². The van der Waals surface area contributed by atoms with Crippen molar-refractivity contribution in [1.82, 2.24) is 0 Å². The summed E-state index contributed by atoms with van der Waals surface area (Å²) < 4.78 is 94.5. The van der Waals surface area contributed by atoms with Crippen LogP contribution in [0.2, 0.25) is 0 Å². The highest BCUT2D eigenvalue weighted by atomic mass is 19.3. The average molecular weight is 352 g/mol. The van der Waals surface area contributed by atoms with Crippen LogP contribution in [-0.2, 0) is 11.2 Å². The molecule has 2 aromatic carbocycles. The van der Waals surface area contributed by atoms with Crippen molar-refractivity contribution in [1.29, 1.82) is 0 Å². The Morgan fingerprint density at radius 3 is 1.75 bits per heavy atom. The SMILES string of the molecule is O=C(Cc1ccc(C(F)F)cc1)Oc1c(F)c(F)c(F)c(F)c1F. The molecule has 0 aliphatic carbocycles. The highest BCUT2D eigenvalue weighted by Crippen LogP contribution is 2.29. The van der Waals surface area contributed by atoms with Crippen LogP contribution in [0.4, 0.5) is 30.7 Å². The van der Waals surface area contributed by atoms with Crippen LogP contribution in [0.5, 0.6) is 5.75 Å². The molecule has 0 spiro atoms. The number of hydrogen-bond acceptors (Lipinski definition) is 2. The number of alkyl halides is 2. The van der Waals surface area contributed by atoms with Crippen LogP contribution >= 0.6 is 0 Å². The Morgan fingerprint density at radius 1 is 0.833 bits per heavy atom. The molecule has 2 aromatic rings. The fraction of sp³-hybridized carbons (Fsp3) is 0.133. The molecular weight excluding hydrogens is 345 g/mol. The van der Waals surface area contributed by atoms with Gasteiger partial charge in [-0.05, 0) is 5.56 Å². The summed E-state index contributed by atoms with van der Waals surface area (Å²) in [7, 11) is 0. The fourth-order valence-electron chi connectivity index (χ4n) is 1.77. The van der Waals surface area contributed by atoms with E-state index in [4.69, 9.17) is 0 Å². The standard InChI is InChI=1S/C15H7F7O2/c16-9-10(17)12(19)14(13(20)11(9)18)24-8(23)5-6-1-3-7(4-2-6)15(21)22/h1-4,15H,5H2. The Labute approximate surface area is 130 Å². The van der Waals surface area contributed by atoms with Gasteiger partial charge in [-0.25, -0.2) is 22.0 Å². The largest absolute Gasteiger partial charge is 0.420 e. The molecule has 2 rings (SSSR count). The van der Waals surface area contributed by atoms with Gasteiger partial charge in [0.15, 0.2) is 0 Å². The molecule has 0 atom stereocenters. The van der Waals surface area contributed by atoms with Gasteiger partial charge >= 0.3 is 5.97 Å². The molecular formula is C15H7F7O2. The summed E-state index contributed by atoms with van der Waals surface area (Å²) in [6, 6.07) is 4.32. The van der Waals surface area contributed by atoms with Crippen LogP contribution in [0.1, 0.15) is 17.6 Å². The van der Waals surface area contributed by atoms with Gasteiger partial charge in [0.1, 0.15) is 0 Å². The van der Waals surface area contributed by atoms with Crippen LogP contribution in [0.3, 0.4) is 0 Å². The van der Waals surface area contributed by atoms with Crippen molar-refractivity contribution in [2.24, 2.45) is 0 Å². The van der Waals surface area contributed by atoms with Crippen molar-refractivity contribution in [2.45, 2.75) is 12.8 Å². The molecule has 0 amide bonds. The van der Waals surface area contributed by atoms with Gasteiger partial charge in [0.05, 0.1) is 6.42 Å². The lowest BCUT2D eigenvalue weighted by Gasteiger charge is -2.09. The quantitative estimate of drug-likeness (QED) is 0.267. The normalized spacial score (nSPS) is 11.0. The third-order valence-electron chi connectivity index (χ3n) is 2.97. The van der Waals surface area contributed by atoms with Gasteiger partial charge in [-0.2, -0.15) is 8.78 Å². The topological polar surface area (TPSA) is 26.3 Å². The van der Waals surface area contributed by atoms with E-state index in [1.807, 2.05) is 0 Å². The summed E-state index contributed by atoms with van der Waals surface area (Å²) in [4.78, 5) is 11.6. The second kappa shape index (κ2) is 6.90. The van der Waals surface area contributed by atoms with Gasteiger partial charge in [0.25, 0.3) is 6.43 Å². The molecule has 2 nitrogen and oxygen atoms in total. The van der Waals surface area contributed by atoms with E-state index in [0.717, 1.165) is 24.3 Å². The monoisotopic (exact) mass is 352 g/mol. The highest BCUT2D eigenvalue weighted by Gasteiger charge is 2.28. The Balaban J connectivity index is 2.19. The molecule has 0 radical (unpaired) electrons. The van der Waals surface area contributed by atoms with Gasteiger partial charge < -0.3 is 4.74 Å². The maximum atomic E-state index is 13.4. The van der Waals surface area contributed by atoms with Crippen LogP contribution in [0.25, 0.3) is 0 Å². The van der Waals surface area contributed by atoms with E-state index in [-0.39, 0.29) is 11.1 Å². The summed E-state index contributed by atoms with van der Waals surface area (Å²) in [5, 5.41) is 0. The molecule has 0 aromatic heterocycles.